The van der Waals surface area contributed by atoms with Gasteiger partial charge in [0.2, 0.25) is 11.7 Å². The Kier molecular flexibility index (Phi) is 3.98. The van der Waals surface area contributed by atoms with E-state index >= 15 is 0 Å². The molecule has 21 heavy (non-hydrogen) atoms. The lowest BCUT2D eigenvalue weighted by molar-refractivity contribution is 0.359. The molecule has 2 heterocycles. The van der Waals surface area contributed by atoms with E-state index in [4.69, 9.17) is 10.3 Å². The molecule has 0 aliphatic rings. The van der Waals surface area contributed by atoms with Gasteiger partial charge in [-0.1, -0.05) is 30.3 Å². The van der Waals surface area contributed by atoms with E-state index in [-0.39, 0.29) is 0 Å². The Labute approximate surface area is 130 Å². The van der Waals surface area contributed by atoms with Crippen LogP contribution in [0.2, 0.25) is 0 Å². The lowest BCUT2D eigenvalue weighted by Crippen LogP contribution is -2.13. The van der Waals surface area contributed by atoms with Crippen molar-refractivity contribution >= 4 is 26.8 Å². The van der Waals surface area contributed by atoms with Crippen molar-refractivity contribution in [1.82, 2.24) is 15.1 Å². The van der Waals surface area contributed by atoms with E-state index in [2.05, 4.69) is 31.1 Å². The van der Waals surface area contributed by atoms with Gasteiger partial charge in [-0.2, -0.15) is 4.98 Å². The maximum atomic E-state index is 5.61. The average Bonchev–Trinajstić information content (AvgIpc) is 2.94. The third kappa shape index (κ3) is 2.96. The van der Waals surface area contributed by atoms with Gasteiger partial charge in [0.25, 0.3) is 0 Å². The molecule has 3 rings (SSSR count). The molecule has 0 aliphatic heterocycles. The summed E-state index contributed by atoms with van der Waals surface area (Å²) in [4.78, 5) is 9.01. The number of pyridine rings is 1. The zero-order valence-electron chi connectivity index (χ0n) is 11.6. The first kappa shape index (κ1) is 14.2. The predicted octanol–water partition coefficient (Wildman–Crippen LogP) is 3.18. The number of aromatic nitrogens is 3. The van der Waals surface area contributed by atoms with Crippen molar-refractivity contribution < 1.29 is 4.52 Å². The Balaban J connectivity index is 1.98. The fraction of sp³-hybridized carbons (Fsp3) is 0.267. The van der Waals surface area contributed by atoms with Crippen LogP contribution in [0.4, 0.5) is 0 Å². The molecule has 0 amide bonds. The minimum Gasteiger partial charge on any atom is -0.339 e. The van der Waals surface area contributed by atoms with Gasteiger partial charge in [0.1, 0.15) is 5.69 Å². The number of rotatable bonds is 4. The van der Waals surface area contributed by atoms with Gasteiger partial charge in [-0.3, -0.25) is 0 Å². The van der Waals surface area contributed by atoms with E-state index in [0.29, 0.717) is 36.3 Å². The highest BCUT2D eigenvalue weighted by Crippen LogP contribution is 2.28. The van der Waals surface area contributed by atoms with E-state index in [1.807, 2.05) is 37.3 Å². The molecule has 0 saturated heterocycles. The van der Waals surface area contributed by atoms with Crippen LogP contribution in [0.3, 0.4) is 0 Å². The highest BCUT2D eigenvalue weighted by Gasteiger charge is 2.15. The fourth-order valence-electron chi connectivity index (χ4n) is 2.06. The molecular weight excluding hydrogens is 332 g/mol. The van der Waals surface area contributed by atoms with Crippen LogP contribution >= 0.6 is 15.9 Å². The van der Waals surface area contributed by atoms with Gasteiger partial charge < -0.3 is 10.3 Å². The zero-order chi connectivity index (χ0) is 14.8. The normalized spacial score (nSPS) is 12.7. The summed E-state index contributed by atoms with van der Waals surface area (Å²) in [7, 11) is 0. The predicted molar refractivity (Wildman–Crippen MR) is 84.7 cm³/mol. The molecular formula is C15H15BrN4O. The topological polar surface area (TPSA) is 77.8 Å². The molecule has 6 heteroatoms. The highest BCUT2D eigenvalue weighted by atomic mass is 79.9. The number of hydrogen-bond acceptors (Lipinski definition) is 5. The first-order valence-electron chi connectivity index (χ1n) is 6.75. The molecule has 0 bridgehead atoms. The second kappa shape index (κ2) is 5.91. The van der Waals surface area contributed by atoms with Gasteiger partial charge in [0.05, 0.1) is 5.52 Å². The molecule has 1 atom stereocenters. The lowest BCUT2D eigenvalue weighted by Gasteiger charge is -2.03. The third-order valence-corrected chi connectivity index (χ3v) is 3.89. The molecule has 1 aromatic carbocycles. The summed E-state index contributed by atoms with van der Waals surface area (Å²) in [5.41, 5.74) is 7.20. The summed E-state index contributed by atoms with van der Waals surface area (Å²) in [6, 6.07) is 9.93. The SMILES string of the molecule is CC(CN)Cc1nc(-c2nc3ccccc3cc2Br)no1. The van der Waals surface area contributed by atoms with Crippen LogP contribution in [0.5, 0.6) is 0 Å². The Bertz CT molecular complexity index is 771. The summed E-state index contributed by atoms with van der Waals surface area (Å²) >= 11 is 3.52. The average molecular weight is 347 g/mol. The fourth-order valence-corrected chi connectivity index (χ4v) is 2.57. The molecule has 0 fully saturated rings. The maximum Gasteiger partial charge on any atom is 0.227 e. The van der Waals surface area contributed by atoms with Crippen molar-refractivity contribution in [3.8, 4) is 11.5 Å². The lowest BCUT2D eigenvalue weighted by atomic mass is 10.1. The van der Waals surface area contributed by atoms with Gasteiger partial charge in [-0.15, -0.1) is 0 Å². The number of hydrogen-bond donors (Lipinski definition) is 1. The number of para-hydroxylation sites is 1. The molecule has 3 aromatic rings. The molecule has 108 valence electrons. The number of nitrogens with two attached hydrogens (primary N) is 1. The van der Waals surface area contributed by atoms with Gasteiger partial charge in [0, 0.05) is 16.3 Å². The van der Waals surface area contributed by atoms with Crippen LogP contribution in [-0.4, -0.2) is 21.7 Å². The molecule has 0 aliphatic carbocycles. The van der Waals surface area contributed by atoms with Gasteiger partial charge in [-0.05, 0) is 40.5 Å². The van der Waals surface area contributed by atoms with E-state index in [0.717, 1.165) is 15.4 Å². The maximum absolute atomic E-state index is 5.61. The van der Waals surface area contributed by atoms with Crippen molar-refractivity contribution in [2.24, 2.45) is 11.7 Å². The van der Waals surface area contributed by atoms with Crippen LogP contribution in [0.15, 0.2) is 39.3 Å². The van der Waals surface area contributed by atoms with E-state index in [1.165, 1.54) is 0 Å². The molecule has 0 spiro atoms. The van der Waals surface area contributed by atoms with Gasteiger partial charge >= 0.3 is 0 Å². The van der Waals surface area contributed by atoms with Crippen molar-refractivity contribution in [2.45, 2.75) is 13.3 Å². The summed E-state index contributed by atoms with van der Waals surface area (Å²) in [6.45, 7) is 2.64. The molecule has 2 aromatic heterocycles. The Morgan fingerprint density at radius 1 is 1.29 bits per heavy atom. The minimum absolute atomic E-state index is 0.311. The van der Waals surface area contributed by atoms with Crippen LogP contribution in [0.1, 0.15) is 12.8 Å². The second-order valence-corrected chi connectivity index (χ2v) is 5.92. The molecule has 0 saturated carbocycles. The van der Waals surface area contributed by atoms with E-state index < -0.39 is 0 Å². The number of nitrogens with zero attached hydrogens (tertiary/aromatic N) is 3. The van der Waals surface area contributed by atoms with Crippen LogP contribution in [0.25, 0.3) is 22.4 Å². The van der Waals surface area contributed by atoms with Crippen molar-refractivity contribution in [1.29, 1.82) is 0 Å². The van der Waals surface area contributed by atoms with E-state index in [1.54, 1.807) is 0 Å². The smallest absolute Gasteiger partial charge is 0.227 e. The highest BCUT2D eigenvalue weighted by molar-refractivity contribution is 9.10. The molecule has 1 unspecified atom stereocenters. The second-order valence-electron chi connectivity index (χ2n) is 5.07. The molecule has 2 N–H and O–H groups in total. The van der Waals surface area contributed by atoms with Crippen molar-refractivity contribution in [3.05, 3.63) is 40.7 Å². The molecule has 5 nitrogen and oxygen atoms in total. The van der Waals surface area contributed by atoms with E-state index in [9.17, 15) is 0 Å². The zero-order valence-corrected chi connectivity index (χ0v) is 13.2. The minimum atomic E-state index is 0.311. The standard InChI is InChI=1S/C15H15BrN4O/c1-9(8-17)6-13-19-15(20-21-13)14-11(16)7-10-4-2-3-5-12(10)18-14/h2-5,7,9H,6,8,17H2,1H3. The Hall–Kier alpha value is -1.79. The van der Waals surface area contributed by atoms with Crippen LogP contribution in [-0.2, 0) is 6.42 Å². The van der Waals surface area contributed by atoms with Gasteiger partial charge in [0.15, 0.2) is 0 Å². The quantitative estimate of drug-likeness (QED) is 0.784. The van der Waals surface area contributed by atoms with Crippen molar-refractivity contribution in [2.75, 3.05) is 6.54 Å². The summed E-state index contributed by atoms with van der Waals surface area (Å²) in [6.07, 6.45) is 0.675. The van der Waals surface area contributed by atoms with Gasteiger partial charge in [-0.25, -0.2) is 4.98 Å². The number of benzene rings is 1. The monoisotopic (exact) mass is 346 g/mol. The Morgan fingerprint density at radius 2 is 2.10 bits per heavy atom. The number of halogens is 1. The summed E-state index contributed by atoms with van der Waals surface area (Å²) in [5, 5.41) is 5.09. The largest absolute Gasteiger partial charge is 0.339 e. The van der Waals surface area contributed by atoms with Crippen molar-refractivity contribution in [3.63, 3.8) is 0 Å². The Morgan fingerprint density at radius 3 is 2.90 bits per heavy atom. The summed E-state index contributed by atoms with van der Waals surface area (Å²) < 4.78 is 6.13. The third-order valence-electron chi connectivity index (χ3n) is 3.28. The molecule has 0 radical (unpaired) electrons. The van der Waals surface area contributed by atoms with Crippen LogP contribution in [0, 0.1) is 5.92 Å². The summed E-state index contributed by atoms with van der Waals surface area (Å²) in [5.74, 6) is 1.39. The van der Waals surface area contributed by atoms with Crippen LogP contribution < -0.4 is 5.73 Å². The number of fused-ring (bicyclic) bond motifs is 1. The first-order valence-corrected chi connectivity index (χ1v) is 7.55. The first-order chi connectivity index (χ1) is 10.2.